The molecule has 0 atom stereocenters. The van der Waals surface area contributed by atoms with Crippen LogP contribution in [0, 0.1) is 0 Å². The van der Waals surface area contributed by atoms with E-state index in [1.807, 2.05) is 30.3 Å². The molecule has 0 aliphatic carbocycles. The second-order valence-electron chi connectivity index (χ2n) is 7.05. The molecule has 160 valence electrons. The molecule has 6 nitrogen and oxygen atoms in total. The van der Waals surface area contributed by atoms with Crippen molar-refractivity contribution in [3.8, 4) is 5.75 Å². The van der Waals surface area contributed by atoms with Crippen LogP contribution in [-0.2, 0) is 9.53 Å². The third-order valence-corrected chi connectivity index (χ3v) is 4.71. The number of carbonyl (C=O) groups excluding carboxylic acids is 3. The number of rotatable bonds is 10. The summed E-state index contributed by atoms with van der Waals surface area (Å²) >= 11 is 0. The third kappa shape index (κ3) is 6.40. The fraction of sp³-hybridized carbons (Fsp3) is 0.240. The van der Waals surface area contributed by atoms with Gasteiger partial charge in [0, 0.05) is 11.1 Å². The topological polar surface area (TPSA) is 81.7 Å². The second-order valence-corrected chi connectivity index (χ2v) is 7.05. The van der Waals surface area contributed by atoms with Crippen LogP contribution in [-0.4, -0.2) is 37.4 Å². The van der Waals surface area contributed by atoms with Gasteiger partial charge in [-0.15, -0.1) is 0 Å². The summed E-state index contributed by atoms with van der Waals surface area (Å²) in [6.07, 6.45) is 2.01. The van der Waals surface area contributed by atoms with Crippen LogP contribution in [0.15, 0.2) is 66.7 Å². The molecule has 0 unspecified atom stereocenters. The summed E-state index contributed by atoms with van der Waals surface area (Å²) in [7, 11) is 0. The molecule has 3 rings (SSSR count). The fourth-order valence-corrected chi connectivity index (χ4v) is 2.93. The minimum absolute atomic E-state index is 0.302. The molecule has 0 spiro atoms. The van der Waals surface area contributed by atoms with Crippen molar-refractivity contribution in [3.05, 3.63) is 77.9 Å². The van der Waals surface area contributed by atoms with Crippen LogP contribution in [0.3, 0.4) is 0 Å². The van der Waals surface area contributed by atoms with Crippen LogP contribution in [0.2, 0.25) is 0 Å². The summed E-state index contributed by atoms with van der Waals surface area (Å²) in [5, 5.41) is 4.46. The number of ether oxygens (including phenoxy) is 2. The lowest BCUT2D eigenvalue weighted by Crippen LogP contribution is -2.31. The number of nitrogens with one attached hydrogen (secondary N) is 1. The lowest BCUT2D eigenvalue weighted by atomic mass is 10.0. The largest absolute Gasteiger partial charge is 0.494 e. The smallest absolute Gasteiger partial charge is 0.325 e. The monoisotopic (exact) mass is 419 g/mol. The van der Waals surface area contributed by atoms with Gasteiger partial charge in [-0.3, -0.25) is 14.4 Å². The Labute approximate surface area is 181 Å². The number of fused-ring (bicyclic) bond motifs is 1. The van der Waals surface area contributed by atoms with Gasteiger partial charge in [-0.1, -0.05) is 49.7 Å². The lowest BCUT2D eigenvalue weighted by molar-refractivity contribution is -0.141. The molecular weight excluding hydrogens is 394 g/mol. The summed E-state index contributed by atoms with van der Waals surface area (Å²) in [6, 6.07) is 19.7. The van der Waals surface area contributed by atoms with Gasteiger partial charge in [-0.05, 0) is 47.5 Å². The number of hydrogen-bond acceptors (Lipinski definition) is 5. The van der Waals surface area contributed by atoms with E-state index in [0.29, 0.717) is 23.5 Å². The summed E-state index contributed by atoms with van der Waals surface area (Å²) < 4.78 is 10.6. The molecule has 0 heterocycles. The fourth-order valence-electron chi connectivity index (χ4n) is 2.93. The normalized spacial score (nSPS) is 10.5. The molecule has 0 aliphatic rings. The molecule has 0 fully saturated rings. The molecule has 0 radical (unpaired) electrons. The third-order valence-electron chi connectivity index (χ3n) is 4.71. The van der Waals surface area contributed by atoms with Gasteiger partial charge in [0.1, 0.15) is 12.3 Å². The molecule has 0 saturated carbocycles. The van der Waals surface area contributed by atoms with Crippen molar-refractivity contribution in [2.24, 2.45) is 0 Å². The van der Waals surface area contributed by atoms with Gasteiger partial charge in [0.2, 0.25) is 0 Å². The first-order valence-corrected chi connectivity index (χ1v) is 10.3. The molecule has 1 amide bonds. The molecule has 6 heteroatoms. The number of hydrogen-bond donors (Lipinski definition) is 1. The van der Waals surface area contributed by atoms with E-state index in [-0.39, 0.29) is 18.9 Å². The molecule has 0 aromatic heterocycles. The Morgan fingerprint density at radius 2 is 1.58 bits per heavy atom. The predicted molar refractivity (Wildman–Crippen MR) is 118 cm³/mol. The second kappa shape index (κ2) is 10.9. The van der Waals surface area contributed by atoms with E-state index in [1.165, 1.54) is 0 Å². The highest BCUT2D eigenvalue weighted by Gasteiger charge is 2.12. The van der Waals surface area contributed by atoms with Crippen LogP contribution in [0.25, 0.3) is 10.8 Å². The highest BCUT2D eigenvalue weighted by Crippen LogP contribution is 2.16. The molecule has 3 aromatic rings. The van der Waals surface area contributed by atoms with E-state index in [4.69, 9.17) is 9.47 Å². The zero-order chi connectivity index (χ0) is 22.1. The summed E-state index contributed by atoms with van der Waals surface area (Å²) in [5.41, 5.74) is 0.875. The van der Waals surface area contributed by atoms with Gasteiger partial charge in [0.15, 0.2) is 12.4 Å². The van der Waals surface area contributed by atoms with E-state index < -0.39 is 11.9 Å². The van der Waals surface area contributed by atoms with Crippen LogP contribution in [0.1, 0.15) is 40.5 Å². The zero-order valence-corrected chi connectivity index (χ0v) is 17.4. The number of carbonyl (C=O) groups is 3. The molecular formula is C25H25NO5. The number of unbranched alkanes of at least 4 members (excludes halogenated alkanes) is 1. The summed E-state index contributed by atoms with van der Waals surface area (Å²) in [4.78, 5) is 36.4. The molecule has 0 aliphatic heterocycles. The number of benzene rings is 3. The predicted octanol–water partition coefficient (Wildman–Crippen LogP) is 4.17. The van der Waals surface area contributed by atoms with Gasteiger partial charge in [-0.2, -0.15) is 0 Å². The number of ketones is 1. The SMILES string of the molecule is CCCCOc1ccc(C(=O)NCC(=O)OCC(=O)c2ccc3ccccc3c2)cc1. The van der Waals surface area contributed by atoms with Crippen molar-refractivity contribution in [3.63, 3.8) is 0 Å². The average molecular weight is 419 g/mol. The minimum atomic E-state index is -0.679. The number of esters is 1. The molecule has 31 heavy (non-hydrogen) atoms. The van der Waals surface area contributed by atoms with Gasteiger partial charge in [0.05, 0.1) is 6.61 Å². The van der Waals surface area contributed by atoms with E-state index in [9.17, 15) is 14.4 Å². The number of Topliss-reactive ketones (excluding diaryl/α,β-unsaturated/α-hetero) is 1. The lowest BCUT2D eigenvalue weighted by Gasteiger charge is -2.08. The Morgan fingerprint density at radius 1 is 0.871 bits per heavy atom. The van der Waals surface area contributed by atoms with Crippen molar-refractivity contribution in [1.82, 2.24) is 5.32 Å². The summed E-state index contributed by atoms with van der Waals surface area (Å²) in [6.45, 7) is 2.02. The van der Waals surface area contributed by atoms with Crippen molar-refractivity contribution >= 4 is 28.4 Å². The Morgan fingerprint density at radius 3 is 2.32 bits per heavy atom. The first kappa shape index (κ1) is 22.0. The highest BCUT2D eigenvalue weighted by atomic mass is 16.5. The van der Waals surface area contributed by atoms with Crippen molar-refractivity contribution in [2.45, 2.75) is 19.8 Å². The number of amides is 1. The van der Waals surface area contributed by atoms with Gasteiger partial charge in [0.25, 0.3) is 5.91 Å². The maximum Gasteiger partial charge on any atom is 0.325 e. The van der Waals surface area contributed by atoms with E-state index >= 15 is 0 Å². The van der Waals surface area contributed by atoms with Crippen molar-refractivity contribution in [1.29, 1.82) is 0 Å². The average Bonchev–Trinajstić information content (AvgIpc) is 2.81. The van der Waals surface area contributed by atoms with Crippen LogP contribution < -0.4 is 10.1 Å². The van der Waals surface area contributed by atoms with E-state index in [0.717, 1.165) is 23.6 Å². The van der Waals surface area contributed by atoms with Gasteiger partial charge < -0.3 is 14.8 Å². The molecule has 1 N–H and O–H groups in total. The van der Waals surface area contributed by atoms with Crippen LogP contribution in [0.4, 0.5) is 0 Å². The Kier molecular flexibility index (Phi) is 7.76. The Hall–Kier alpha value is -3.67. The highest BCUT2D eigenvalue weighted by molar-refractivity contribution is 6.01. The molecule has 0 saturated heterocycles. The van der Waals surface area contributed by atoms with E-state index in [2.05, 4.69) is 12.2 Å². The van der Waals surface area contributed by atoms with E-state index in [1.54, 1.807) is 36.4 Å². The van der Waals surface area contributed by atoms with Gasteiger partial charge in [-0.25, -0.2) is 0 Å². The Balaban J connectivity index is 1.43. The first-order chi connectivity index (χ1) is 15.1. The maximum atomic E-state index is 12.3. The van der Waals surface area contributed by atoms with Crippen LogP contribution in [0.5, 0.6) is 5.75 Å². The minimum Gasteiger partial charge on any atom is -0.494 e. The standard InChI is InChI=1S/C25H25NO5/c1-2-3-14-30-22-12-10-19(11-13-22)25(29)26-16-24(28)31-17-23(27)21-9-8-18-6-4-5-7-20(18)15-21/h4-13,15H,2-3,14,16-17H2,1H3,(H,26,29). The van der Waals surface area contributed by atoms with Crippen molar-refractivity contribution < 1.29 is 23.9 Å². The zero-order valence-electron chi connectivity index (χ0n) is 17.4. The summed E-state index contributed by atoms with van der Waals surface area (Å²) in [5.74, 6) is -0.694. The van der Waals surface area contributed by atoms with Crippen molar-refractivity contribution in [2.75, 3.05) is 19.8 Å². The van der Waals surface area contributed by atoms with Crippen LogP contribution >= 0.6 is 0 Å². The molecule has 0 bridgehead atoms. The van der Waals surface area contributed by atoms with Gasteiger partial charge >= 0.3 is 5.97 Å². The quantitative estimate of drug-likeness (QED) is 0.303. The first-order valence-electron chi connectivity index (χ1n) is 10.3. The Bertz CT molecular complexity index is 1060. The maximum absolute atomic E-state index is 12.3. The molecule has 3 aromatic carbocycles.